The quantitative estimate of drug-likeness (QED) is 0.0271. The zero-order chi connectivity index (χ0) is 63.9. The van der Waals surface area contributed by atoms with E-state index in [1.165, 1.54) is 63.1 Å². The fourth-order valence-electron chi connectivity index (χ4n) is 11.2. The number of hydrogen-bond acceptors (Lipinski definition) is 18. The van der Waals surface area contributed by atoms with E-state index in [0.29, 0.717) is 68.3 Å². The van der Waals surface area contributed by atoms with Crippen LogP contribution in [0.5, 0.6) is 17.2 Å². The van der Waals surface area contributed by atoms with Crippen LogP contribution in [0.4, 0.5) is 15.3 Å². The molecule has 7 N–H and O–H groups in total. The molecule has 27 heteroatoms. The molecule has 3 fully saturated rings. The third-order valence-corrected chi connectivity index (χ3v) is 19.5. The third-order valence-electron chi connectivity index (χ3n) is 16.7. The number of anilines is 1. The van der Waals surface area contributed by atoms with Crippen LogP contribution in [-0.2, 0) is 51.1 Å². The molecule has 0 spiro atoms. The molecule has 88 heavy (non-hydrogen) atoms. The second-order valence-electron chi connectivity index (χ2n) is 23.1. The standard InChI is InChI=1S/C61H79ClN10O14S2/c1-33(2)40-27-41(46(74)29-45(40)73)56-66-67-59(80)72(56)39-16-14-37(15-17-39)31-70-19-21-71(22-20-70)58(79)64-43(55(63)77)32-88-87-23-18-51(75)68(7)36(5)57(78)85-50-30-52(76)69(8)44-25-38(26-49(83-10)53(44)62)24-34(3)12-11-13-47(82-9)42-28-48(84-60(81)65-42)35(4)54-61(50,6)86-54/h11-17,25-27,29,33,35-36,42-43,47-48,50,54,73-74H,18-24,28,30-32H2,1-10H3,(H2,63,77)(H,64,79)(H,65,81)(H,67,80)/b13-11+,34-12+/t35-,36+,42?,43+,47-,48+,50+,54+,61+/m1/s1. The zero-order valence-electron chi connectivity index (χ0n) is 51.1. The van der Waals surface area contributed by atoms with Gasteiger partial charge in [0.15, 0.2) is 5.82 Å². The van der Waals surface area contributed by atoms with Gasteiger partial charge in [-0.25, -0.2) is 28.8 Å². The Labute approximate surface area is 524 Å². The summed E-state index contributed by atoms with van der Waals surface area (Å²) in [4.78, 5) is 101. The summed E-state index contributed by atoms with van der Waals surface area (Å²) in [6, 6.07) is 10.8. The van der Waals surface area contributed by atoms with Gasteiger partial charge in [-0.15, -0.1) is 0 Å². The van der Waals surface area contributed by atoms with Crippen molar-refractivity contribution in [3.05, 3.63) is 105 Å². The van der Waals surface area contributed by atoms with Crippen molar-refractivity contribution in [2.24, 2.45) is 11.7 Å². The number of benzene rings is 3. The maximum Gasteiger partial charge on any atom is 0.407 e. The molecule has 4 bridgehead atoms. The van der Waals surface area contributed by atoms with Gasteiger partial charge in [0.05, 0.1) is 48.7 Å². The molecular weight excluding hydrogens is 1200 g/mol. The first-order chi connectivity index (χ1) is 41.8. The molecule has 4 aliphatic heterocycles. The van der Waals surface area contributed by atoms with Crippen molar-refractivity contribution in [2.75, 3.05) is 70.9 Å². The Morgan fingerprint density at radius 3 is 2.40 bits per heavy atom. The highest BCUT2D eigenvalue weighted by Crippen LogP contribution is 2.49. The first-order valence-electron chi connectivity index (χ1n) is 29.1. The number of phenols is 2. The van der Waals surface area contributed by atoms with Crippen LogP contribution < -0.4 is 31.7 Å². The van der Waals surface area contributed by atoms with Crippen molar-refractivity contribution in [1.29, 1.82) is 0 Å². The Morgan fingerprint density at radius 2 is 1.73 bits per heavy atom. The number of phenolic OH excluding ortho intramolecular Hbond substituents is 2. The number of amides is 6. The van der Waals surface area contributed by atoms with Gasteiger partial charge in [0, 0.05) is 90.3 Å². The number of epoxide rings is 1. The number of hydrogen-bond donors (Lipinski definition) is 6. The molecule has 24 nitrogen and oxygen atoms in total. The first kappa shape index (κ1) is 66.7. The number of aromatic nitrogens is 3. The Balaban J connectivity index is 0.824. The van der Waals surface area contributed by atoms with E-state index in [-0.39, 0.29) is 64.1 Å². The minimum atomic E-state index is -1.22. The van der Waals surface area contributed by atoms with E-state index >= 15 is 0 Å². The lowest BCUT2D eigenvalue weighted by Crippen LogP contribution is -2.55. The largest absolute Gasteiger partial charge is 0.508 e. The van der Waals surface area contributed by atoms with Gasteiger partial charge in [-0.2, -0.15) is 5.10 Å². The van der Waals surface area contributed by atoms with Gasteiger partial charge in [-0.05, 0) is 80.1 Å². The smallest absolute Gasteiger partial charge is 0.407 e. The number of ether oxygens (including phenoxy) is 5. The van der Waals surface area contributed by atoms with E-state index in [2.05, 4.69) is 25.7 Å². The summed E-state index contributed by atoms with van der Waals surface area (Å²) < 4.78 is 31.2. The number of esters is 1. The first-order valence-corrected chi connectivity index (χ1v) is 31.9. The lowest BCUT2D eigenvalue weighted by atomic mass is 9.84. The number of aromatic hydroxyl groups is 2. The van der Waals surface area contributed by atoms with Crippen LogP contribution in [0.3, 0.4) is 0 Å². The lowest BCUT2D eigenvalue weighted by Gasteiger charge is -2.36. The number of nitrogens with zero attached hydrogens (tertiary/aromatic N) is 6. The number of nitrogens with two attached hydrogens (primary N) is 1. The Hall–Kier alpha value is -7.23. The Kier molecular flexibility index (Phi) is 21.9. The van der Waals surface area contributed by atoms with Gasteiger partial charge in [-0.1, -0.05) is 89.9 Å². The molecule has 3 aromatic carbocycles. The van der Waals surface area contributed by atoms with Crippen LogP contribution in [0.25, 0.3) is 17.1 Å². The van der Waals surface area contributed by atoms with Crippen LogP contribution in [0.15, 0.2) is 77.1 Å². The number of nitrogens with one attached hydrogen (secondary N) is 3. The molecular formula is C61H79ClN10O14S2. The van der Waals surface area contributed by atoms with Gasteiger partial charge < -0.3 is 65.0 Å². The minimum Gasteiger partial charge on any atom is -0.508 e. The molecule has 6 amide bonds. The summed E-state index contributed by atoms with van der Waals surface area (Å²) >= 11 is 6.85. The van der Waals surface area contributed by atoms with Crippen LogP contribution >= 0.6 is 33.2 Å². The number of carbonyl (C=O) groups excluding carboxylic acids is 6. The van der Waals surface area contributed by atoms with Gasteiger partial charge in [0.1, 0.15) is 52.2 Å². The highest BCUT2D eigenvalue weighted by atomic mass is 35.5. The molecule has 3 saturated heterocycles. The number of carbonyl (C=O) groups is 6. The molecule has 9 atom stereocenters. The normalized spacial score (nSPS) is 24.2. The monoisotopic (exact) mass is 1270 g/mol. The van der Waals surface area contributed by atoms with Crippen LogP contribution in [0, 0.1) is 5.92 Å². The summed E-state index contributed by atoms with van der Waals surface area (Å²) in [6.07, 6.45) is 2.67. The molecule has 476 valence electrons. The Morgan fingerprint density at radius 1 is 1.01 bits per heavy atom. The molecule has 4 aliphatic rings. The number of methoxy groups -OCH3 is 2. The highest BCUT2D eigenvalue weighted by Gasteiger charge is 2.64. The van der Waals surface area contributed by atoms with Crippen molar-refractivity contribution < 1.29 is 62.7 Å². The average molecular weight is 1280 g/mol. The van der Waals surface area contributed by atoms with Crippen molar-refractivity contribution in [3.63, 3.8) is 0 Å². The minimum absolute atomic E-state index is 0.00619. The number of H-pyrrole nitrogens is 1. The summed E-state index contributed by atoms with van der Waals surface area (Å²) in [5.74, 6) is -2.12. The second kappa shape index (κ2) is 28.9. The number of fused-ring (bicyclic) bond motifs is 5. The zero-order valence-corrected chi connectivity index (χ0v) is 53.5. The number of primary amides is 1. The average Bonchev–Trinajstić information content (AvgIpc) is 1.87. The maximum absolute atomic E-state index is 14.4. The summed E-state index contributed by atoms with van der Waals surface area (Å²) in [7, 11) is 8.67. The molecule has 4 aromatic rings. The van der Waals surface area contributed by atoms with Crippen LogP contribution in [-0.4, -0.2) is 190 Å². The van der Waals surface area contributed by atoms with Gasteiger partial charge in [0.25, 0.3) is 0 Å². The van der Waals surface area contributed by atoms with E-state index < -0.39 is 89.7 Å². The Bertz CT molecular complexity index is 3350. The van der Waals surface area contributed by atoms with Gasteiger partial charge >= 0.3 is 23.8 Å². The van der Waals surface area contributed by atoms with E-state index in [9.17, 15) is 43.8 Å². The number of aromatic amines is 1. The van der Waals surface area contributed by atoms with E-state index in [1.807, 2.05) is 58.1 Å². The highest BCUT2D eigenvalue weighted by molar-refractivity contribution is 8.76. The van der Waals surface area contributed by atoms with Crippen molar-refractivity contribution in [1.82, 2.24) is 40.1 Å². The van der Waals surface area contributed by atoms with Crippen molar-refractivity contribution in [3.8, 4) is 34.3 Å². The lowest BCUT2D eigenvalue weighted by molar-refractivity contribution is -0.161. The number of alkyl carbamates (subject to hydrolysis) is 1. The summed E-state index contributed by atoms with van der Waals surface area (Å²) in [6.45, 7) is 13.3. The SMILES string of the molecule is COc1cc2cc(c1Cl)N(C)C(=O)C[C@H](OC(=O)[C@H](C)N(C)C(=O)CCSSC[C@H](NC(=O)N1CCN(Cc3ccc(-n4c(-c5cc(C(C)C)c(O)cc5O)n[nH]c4=O)cc3)CC1)C(N)=O)[C@]1(C)O[C@H]1[C@H](C)[C@@H]1CC(NC(=O)O1)[C@H](OC)/C=C/C=C(\C)C2. The molecule has 0 aliphatic carbocycles. The number of halogens is 1. The molecule has 5 heterocycles. The molecule has 0 radical (unpaired) electrons. The third kappa shape index (κ3) is 15.6. The van der Waals surface area contributed by atoms with Crippen LogP contribution in [0.1, 0.15) is 83.4 Å². The topological polar surface area (TPSA) is 306 Å². The van der Waals surface area contributed by atoms with Crippen LogP contribution in [0.2, 0.25) is 5.02 Å². The van der Waals surface area contributed by atoms with E-state index in [1.54, 1.807) is 56.3 Å². The predicted octanol–water partition coefficient (Wildman–Crippen LogP) is 6.42. The number of likely N-dealkylation sites (N-methyl/N-ethyl adjacent to an activating group) is 1. The van der Waals surface area contributed by atoms with Crippen molar-refractivity contribution in [2.45, 2.75) is 128 Å². The number of rotatable bonds is 18. The number of allylic oxidation sites excluding steroid dienone is 3. The maximum atomic E-state index is 14.4. The number of piperazine rings is 1. The molecule has 0 saturated carbocycles. The fraction of sp³-hybridized carbons (Fsp3) is 0.508. The molecule has 8 rings (SSSR count). The second-order valence-corrected chi connectivity index (χ2v) is 26.1. The van der Waals surface area contributed by atoms with Crippen molar-refractivity contribution >= 4 is 74.7 Å². The predicted molar refractivity (Wildman–Crippen MR) is 335 cm³/mol. The summed E-state index contributed by atoms with van der Waals surface area (Å²) in [5.41, 5.74) is 8.55. The van der Waals surface area contributed by atoms with E-state index in [4.69, 9.17) is 41.0 Å². The molecule has 1 unspecified atom stereocenters. The van der Waals surface area contributed by atoms with E-state index in [0.717, 1.165) is 16.7 Å². The van der Waals surface area contributed by atoms with Gasteiger partial charge in [0.2, 0.25) is 17.7 Å². The van der Waals surface area contributed by atoms with Gasteiger partial charge in [-0.3, -0.25) is 19.3 Å². The number of urea groups is 1. The fourth-order valence-corrected chi connectivity index (χ4v) is 13.6. The summed E-state index contributed by atoms with van der Waals surface area (Å²) in [5, 5.41) is 33.6. The molecule has 1 aromatic heterocycles.